The summed E-state index contributed by atoms with van der Waals surface area (Å²) in [5.41, 5.74) is 0.403. The highest BCUT2D eigenvalue weighted by atomic mass is 32.2. The van der Waals surface area contributed by atoms with Gasteiger partial charge in [0.2, 0.25) is 10.0 Å². The van der Waals surface area contributed by atoms with Crippen molar-refractivity contribution < 1.29 is 27.9 Å². The molecule has 1 heterocycles. The number of amides is 2. The van der Waals surface area contributed by atoms with Gasteiger partial charge in [-0.3, -0.25) is 4.79 Å². The molecule has 0 radical (unpaired) electrons. The zero-order valence-electron chi connectivity index (χ0n) is 14.6. The Kier molecular flexibility index (Phi) is 6.57. The number of anilines is 1. The van der Waals surface area contributed by atoms with Gasteiger partial charge in [0.1, 0.15) is 0 Å². The Morgan fingerprint density at radius 2 is 1.77 bits per heavy atom. The zero-order chi connectivity index (χ0) is 19.3. The lowest BCUT2D eigenvalue weighted by Crippen LogP contribution is -2.48. The summed E-state index contributed by atoms with van der Waals surface area (Å²) in [6.45, 7) is 4.24. The lowest BCUT2D eigenvalue weighted by atomic mass is 10.3. The number of urea groups is 1. The van der Waals surface area contributed by atoms with E-state index in [-0.39, 0.29) is 30.1 Å². The molecule has 0 saturated carbocycles. The van der Waals surface area contributed by atoms with Crippen molar-refractivity contribution in [1.29, 1.82) is 0 Å². The number of carbonyl (C=O) groups is 2. The van der Waals surface area contributed by atoms with Gasteiger partial charge in [0.15, 0.2) is 0 Å². The molecule has 1 aliphatic heterocycles. The van der Waals surface area contributed by atoms with E-state index in [9.17, 15) is 18.0 Å². The van der Waals surface area contributed by atoms with Crippen LogP contribution in [0.4, 0.5) is 10.5 Å². The van der Waals surface area contributed by atoms with Gasteiger partial charge in [0.05, 0.1) is 23.5 Å². The second-order valence-corrected chi connectivity index (χ2v) is 8.07. The summed E-state index contributed by atoms with van der Waals surface area (Å²) >= 11 is 0. The number of rotatable bonds is 6. The van der Waals surface area contributed by atoms with E-state index in [2.05, 4.69) is 10.6 Å². The lowest BCUT2D eigenvalue weighted by molar-refractivity contribution is -0.136. The van der Waals surface area contributed by atoms with Crippen LogP contribution in [-0.4, -0.2) is 61.7 Å². The van der Waals surface area contributed by atoms with Crippen molar-refractivity contribution in [1.82, 2.24) is 9.62 Å². The molecule has 2 amide bonds. The smallest absolute Gasteiger partial charge is 0.319 e. The van der Waals surface area contributed by atoms with Gasteiger partial charge < -0.3 is 20.5 Å². The van der Waals surface area contributed by atoms with E-state index in [1.807, 2.05) is 13.8 Å². The zero-order valence-corrected chi connectivity index (χ0v) is 15.5. The van der Waals surface area contributed by atoms with Crippen LogP contribution in [0.3, 0.4) is 0 Å². The summed E-state index contributed by atoms with van der Waals surface area (Å²) in [6.07, 6.45) is -0.533. The molecule has 144 valence electrons. The summed E-state index contributed by atoms with van der Waals surface area (Å²) in [6, 6.07) is 5.26. The second kappa shape index (κ2) is 8.47. The van der Waals surface area contributed by atoms with Crippen molar-refractivity contribution in [3.63, 3.8) is 0 Å². The van der Waals surface area contributed by atoms with E-state index in [0.717, 1.165) is 0 Å². The molecule has 1 aromatic rings. The fraction of sp³-hybridized carbons (Fsp3) is 0.500. The molecular weight excluding hydrogens is 362 g/mol. The molecule has 10 heteroatoms. The molecule has 2 unspecified atom stereocenters. The maximum atomic E-state index is 12.7. The van der Waals surface area contributed by atoms with Crippen LogP contribution < -0.4 is 10.6 Å². The summed E-state index contributed by atoms with van der Waals surface area (Å²) < 4.78 is 32.4. The Morgan fingerprint density at radius 3 is 2.31 bits per heavy atom. The molecule has 0 aromatic heterocycles. The Bertz CT molecular complexity index is 740. The quantitative estimate of drug-likeness (QED) is 0.673. The van der Waals surface area contributed by atoms with Crippen molar-refractivity contribution in [3.8, 4) is 0 Å². The highest BCUT2D eigenvalue weighted by molar-refractivity contribution is 7.89. The highest BCUT2D eigenvalue weighted by Crippen LogP contribution is 2.22. The Morgan fingerprint density at radius 1 is 1.19 bits per heavy atom. The summed E-state index contributed by atoms with van der Waals surface area (Å²) in [7, 11) is -3.64. The molecular formula is C16H23N3O6S. The molecule has 1 aromatic carbocycles. The van der Waals surface area contributed by atoms with Gasteiger partial charge in [-0.05, 0) is 38.1 Å². The average Bonchev–Trinajstić information content (AvgIpc) is 2.54. The van der Waals surface area contributed by atoms with E-state index in [1.54, 1.807) is 0 Å². The average molecular weight is 385 g/mol. The van der Waals surface area contributed by atoms with Gasteiger partial charge in [0.25, 0.3) is 0 Å². The summed E-state index contributed by atoms with van der Waals surface area (Å²) in [4.78, 5) is 22.2. The third kappa shape index (κ3) is 5.41. The second-order valence-electron chi connectivity index (χ2n) is 6.13. The molecule has 2 rings (SSSR count). The van der Waals surface area contributed by atoms with Gasteiger partial charge in [-0.2, -0.15) is 4.31 Å². The van der Waals surface area contributed by atoms with Crippen LogP contribution in [0.5, 0.6) is 0 Å². The molecule has 3 N–H and O–H groups in total. The molecule has 1 fully saturated rings. The van der Waals surface area contributed by atoms with Gasteiger partial charge in [-0.15, -0.1) is 0 Å². The van der Waals surface area contributed by atoms with Crippen molar-refractivity contribution in [2.75, 3.05) is 25.0 Å². The normalized spacial score (nSPS) is 21.2. The van der Waals surface area contributed by atoms with Crippen LogP contribution in [0, 0.1) is 0 Å². The maximum Gasteiger partial charge on any atom is 0.319 e. The third-order valence-corrected chi connectivity index (χ3v) is 5.61. The molecule has 9 nitrogen and oxygen atoms in total. The Labute approximate surface area is 152 Å². The number of nitrogens with zero attached hydrogens (tertiary/aromatic N) is 1. The number of benzene rings is 1. The number of nitrogens with one attached hydrogen (secondary N) is 2. The van der Waals surface area contributed by atoms with E-state index >= 15 is 0 Å². The number of sulfonamides is 1. The van der Waals surface area contributed by atoms with Gasteiger partial charge in [0, 0.05) is 25.3 Å². The van der Waals surface area contributed by atoms with Crippen LogP contribution in [0.2, 0.25) is 0 Å². The SMILES string of the molecule is CC1CN(S(=O)(=O)c2ccc(NC(=O)NCCC(=O)O)cc2)CC(C)O1. The van der Waals surface area contributed by atoms with Crippen molar-refractivity contribution in [2.45, 2.75) is 37.4 Å². The largest absolute Gasteiger partial charge is 0.481 e. The minimum Gasteiger partial charge on any atom is -0.481 e. The van der Waals surface area contributed by atoms with Crippen molar-refractivity contribution in [3.05, 3.63) is 24.3 Å². The Balaban J connectivity index is 1.99. The fourth-order valence-electron chi connectivity index (χ4n) is 2.64. The lowest BCUT2D eigenvalue weighted by Gasteiger charge is -2.34. The number of morpholine rings is 1. The number of hydrogen-bond acceptors (Lipinski definition) is 5. The van der Waals surface area contributed by atoms with E-state index in [4.69, 9.17) is 9.84 Å². The molecule has 26 heavy (non-hydrogen) atoms. The maximum absolute atomic E-state index is 12.7. The van der Waals surface area contributed by atoms with E-state index in [1.165, 1.54) is 28.6 Å². The third-order valence-electron chi connectivity index (χ3n) is 3.76. The predicted octanol–water partition coefficient (Wildman–Crippen LogP) is 1.08. The molecule has 2 atom stereocenters. The van der Waals surface area contributed by atoms with Crippen LogP contribution in [0.1, 0.15) is 20.3 Å². The van der Waals surface area contributed by atoms with E-state index < -0.39 is 22.0 Å². The van der Waals surface area contributed by atoms with Crippen LogP contribution in [-0.2, 0) is 19.6 Å². The minimum absolute atomic E-state index is 0.00102. The molecule has 1 aliphatic rings. The Hall–Kier alpha value is -2.17. The number of aliphatic carboxylic acids is 1. The standard InChI is InChI=1S/C16H23N3O6S/c1-11-9-19(10-12(2)25-11)26(23,24)14-5-3-13(4-6-14)18-16(22)17-8-7-15(20)21/h3-6,11-12H,7-10H2,1-2H3,(H,20,21)(H2,17,18,22). The van der Waals surface area contributed by atoms with Gasteiger partial charge >= 0.3 is 12.0 Å². The number of carbonyl (C=O) groups excluding carboxylic acids is 1. The summed E-state index contributed by atoms with van der Waals surface area (Å²) in [5, 5.41) is 13.4. The highest BCUT2D eigenvalue weighted by Gasteiger charge is 2.32. The first kappa shape index (κ1) is 20.1. The number of ether oxygens (including phenoxy) is 1. The molecule has 1 saturated heterocycles. The fourth-order valence-corrected chi connectivity index (χ4v) is 4.24. The predicted molar refractivity (Wildman–Crippen MR) is 94.5 cm³/mol. The van der Waals surface area contributed by atoms with E-state index in [0.29, 0.717) is 18.8 Å². The minimum atomic E-state index is -3.64. The van der Waals surface area contributed by atoms with Crippen LogP contribution in [0.25, 0.3) is 0 Å². The molecule has 0 aliphatic carbocycles. The first-order chi connectivity index (χ1) is 12.2. The van der Waals surface area contributed by atoms with Crippen LogP contribution in [0.15, 0.2) is 29.2 Å². The van der Waals surface area contributed by atoms with Gasteiger partial charge in [-0.25, -0.2) is 13.2 Å². The number of carboxylic acid groups (broad SMARTS) is 1. The first-order valence-corrected chi connectivity index (χ1v) is 9.65. The van der Waals surface area contributed by atoms with Crippen molar-refractivity contribution >= 4 is 27.7 Å². The van der Waals surface area contributed by atoms with Crippen molar-refractivity contribution in [2.24, 2.45) is 0 Å². The number of carboxylic acids is 1. The summed E-state index contributed by atoms with van der Waals surface area (Å²) in [5.74, 6) is -1.01. The van der Waals surface area contributed by atoms with Crippen LogP contribution >= 0.6 is 0 Å². The number of hydrogen-bond donors (Lipinski definition) is 3. The molecule has 0 bridgehead atoms. The monoisotopic (exact) mass is 385 g/mol. The molecule has 0 spiro atoms. The first-order valence-electron chi connectivity index (χ1n) is 8.21. The van der Waals surface area contributed by atoms with Gasteiger partial charge in [-0.1, -0.05) is 0 Å². The topological polar surface area (TPSA) is 125 Å².